The predicted molar refractivity (Wildman–Crippen MR) is 61.5 cm³/mol. The highest BCUT2D eigenvalue weighted by atomic mass is 16.5. The van der Waals surface area contributed by atoms with Gasteiger partial charge in [0, 0.05) is 5.57 Å². The number of esters is 1. The second kappa shape index (κ2) is 4.59. The van der Waals surface area contributed by atoms with Gasteiger partial charge in [-0.15, -0.1) is 0 Å². The normalized spacial score (nSPS) is 21.2. The number of carbonyl (C=O) groups is 1. The SMILES string of the molecule is C=C1C(=O)OCC1C(O)c1ccc(OC)cc1. The molecule has 1 fully saturated rings. The lowest BCUT2D eigenvalue weighted by Gasteiger charge is -2.16. The standard InChI is InChI=1S/C13H14O4/c1-8-11(7-17-13(8)15)12(14)9-3-5-10(16-2)6-4-9/h3-6,11-12,14H,1,7H2,2H3. The van der Waals surface area contributed by atoms with Crippen molar-refractivity contribution in [3.63, 3.8) is 0 Å². The molecule has 2 atom stereocenters. The maximum atomic E-state index is 11.2. The molecule has 1 heterocycles. The molecule has 1 aromatic rings. The van der Waals surface area contributed by atoms with Crippen LogP contribution in [0, 0.1) is 5.92 Å². The summed E-state index contributed by atoms with van der Waals surface area (Å²) in [5, 5.41) is 10.1. The Hall–Kier alpha value is -1.81. The van der Waals surface area contributed by atoms with Crippen LogP contribution in [0.2, 0.25) is 0 Å². The van der Waals surface area contributed by atoms with Gasteiger partial charge in [-0.05, 0) is 17.7 Å². The summed E-state index contributed by atoms with van der Waals surface area (Å²) in [4.78, 5) is 11.2. The van der Waals surface area contributed by atoms with Gasteiger partial charge in [-0.3, -0.25) is 0 Å². The first-order chi connectivity index (χ1) is 8.13. The molecule has 0 saturated carbocycles. The number of methoxy groups -OCH3 is 1. The van der Waals surface area contributed by atoms with Gasteiger partial charge in [0.1, 0.15) is 12.4 Å². The second-order valence-corrected chi connectivity index (χ2v) is 3.95. The van der Waals surface area contributed by atoms with Gasteiger partial charge < -0.3 is 14.6 Å². The van der Waals surface area contributed by atoms with Crippen molar-refractivity contribution in [2.75, 3.05) is 13.7 Å². The van der Waals surface area contributed by atoms with Crippen LogP contribution >= 0.6 is 0 Å². The molecule has 2 rings (SSSR count). The number of rotatable bonds is 3. The third kappa shape index (κ3) is 2.17. The molecule has 1 aromatic carbocycles. The summed E-state index contributed by atoms with van der Waals surface area (Å²) in [5.74, 6) is -0.0722. The molecule has 1 N–H and O–H groups in total. The molecular weight excluding hydrogens is 220 g/mol. The molecule has 4 heteroatoms. The monoisotopic (exact) mass is 234 g/mol. The predicted octanol–water partition coefficient (Wildman–Crippen LogP) is 1.46. The first kappa shape index (κ1) is 11.7. The molecule has 0 amide bonds. The lowest BCUT2D eigenvalue weighted by Crippen LogP contribution is -2.14. The van der Waals surface area contributed by atoms with E-state index < -0.39 is 12.1 Å². The number of carbonyl (C=O) groups excluding carboxylic acids is 1. The van der Waals surface area contributed by atoms with Crippen molar-refractivity contribution in [1.29, 1.82) is 0 Å². The van der Waals surface area contributed by atoms with Crippen molar-refractivity contribution in [2.45, 2.75) is 6.10 Å². The number of hydrogen-bond acceptors (Lipinski definition) is 4. The Kier molecular flexibility index (Phi) is 3.15. The van der Waals surface area contributed by atoms with Crippen LogP contribution in [0.4, 0.5) is 0 Å². The van der Waals surface area contributed by atoms with Gasteiger partial charge in [0.05, 0.1) is 19.1 Å². The van der Waals surface area contributed by atoms with Crippen LogP contribution in [0.15, 0.2) is 36.4 Å². The Morgan fingerprint density at radius 2 is 2.12 bits per heavy atom. The first-order valence-corrected chi connectivity index (χ1v) is 5.31. The Morgan fingerprint density at radius 1 is 1.47 bits per heavy atom. The molecule has 0 bridgehead atoms. The maximum Gasteiger partial charge on any atom is 0.333 e. The van der Waals surface area contributed by atoms with Crippen molar-refractivity contribution >= 4 is 5.97 Å². The third-order valence-corrected chi connectivity index (χ3v) is 2.94. The van der Waals surface area contributed by atoms with Crippen molar-refractivity contribution in [3.05, 3.63) is 42.0 Å². The van der Waals surface area contributed by atoms with Gasteiger partial charge in [-0.25, -0.2) is 4.79 Å². The molecule has 17 heavy (non-hydrogen) atoms. The van der Waals surface area contributed by atoms with Gasteiger partial charge in [0.2, 0.25) is 0 Å². The Balaban J connectivity index is 2.16. The van der Waals surface area contributed by atoms with Crippen molar-refractivity contribution in [3.8, 4) is 5.75 Å². The van der Waals surface area contributed by atoms with Crippen molar-refractivity contribution < 1.29 is 19.4 Å². The van der Waals surface area contributed by atoms with Gasteiger partial charge in [0.25, 0.3) is 0 Å². The molecule has 4 nitrogen and oxygen atoms in total. The molecule has 90 valence electrons. The van der Waals surface area contributed by atoms with E-state index in [1.54, 1.807) is 31.4 Å². The largest absolute Gasteiger partial charge is 0.497 e. The summed E-state index contributed by atoms with van der Waals surface area (Å²) in [6.07, 6.45) is -0.778. The van der Waals surface area contributed by atoms with Gasteiger partial charge in [0.15, 0.2) is 0 Å². The number of aliphatic hydroxyl groups excluding tert-OH is 1. The first-order valence-electron chi connectivity index (χ1n) is 5.31. The van der Waals surface area contributed by atoms with Crippen LogP contribution in [0.25, 0.3) is 0 Å². The Bertz CT molecular complexity index is 435. The summed E-state index contributed by atoms with van der Waals surface area (Å²) < 4.78 is 9.88. The molecule has 0 radical (unpaired) electrons. The summed E-state index contributed by atoms with van der Waals surface area (Å²) in [5.41, 5.74) is 1.04. The van der Waals surface area contributed by atoms with E-state index in [9.17, 15) is 9.90 Å². The molecule has 1 aliphatic heterocycles. The summed E-state index contributed by atoms with van der Waals surface area (Å²) in [6, 6.07) is 7.05. The van der Waals surface area contributed by atoms with Crippen molar-refractivity contribution in [1.82, 2.24) is 0 Å². The molecule has 1 aliphatic rings. The van der Waals surface area contributed by atoms with Crippen LogP contribution in [0.3, 0.4) is 0 Å². The highest BCUT2D eigenvalue weighted by molar-refractivity contribution is 5.90. The van der Waals surface area contributed by atoms with E-state index in [-0.39, 0.29) is 12.5 Å². The summed E-state index contributed by atoms with van der Waals surface area (Å²) in [6.45, 7) is 3.82. The molecule has 2 unspecified atom stereocenters. The second-order valence-electron chi connectivity index (χ2n) is 3.95. The fraction of sp³-hybridized carbons (Fsp3) is 0.308. The maximum absolute atomic E-state index is 11.2. The third-order valence-electron chi connectivity index (χ3n) is 2.94. The van der Waals surface area contributed by atoms with E-state index in [4.69, 9.17) is 9.47 Å². The average Bonchev–Trinajstić information content (AvgIpc) is 2.69. The summed E-state index contributed by atoms with van der Waals surface area (Å²) >= 11 is 0. The molecule has 0 aromatic heterocycles. The van der Waals surface area contributed by atoms with Crippen LogP contribution in [0.1, 0.15) is 11.7 Å². The molecule has 0 aliphatic carbocycles. The van der Waals surface area contributed by atoms with E-state index in [0.29, 0.717) is 5.57 Å². The number of aliphatic hydroxyl groups is 1. The fourth-order valence-electron chi connectivity index (χ4n) is 1.83. The van der Waals surface area contributed by atoms with E-state index in [1.165, 1.54) is 0 Å². The quantitative estimate of drug-likeness (QED) is 0.635. The smallest absolute Gasteiger partial charge is 0.333 e. The topological polar surface area (TPSA) is 55.8 Å². The van der Waals surface area contributed by atoms with E-state index in [2.05, 4.69) is 6.58 Å². The molecule has 0 spiro atoms. The zero-order valence-corrected chi connectivity index (χ0v) is 9.55. The van der Waals surface area contributed by atoms with E-state index in [1.807, 2.05) is 0 Å². The van der Waals surface area contributed by atoms with Gasteiger partial charge in [-0.2, -0.15) is 0 Å². The Labute approximate surface area is 99.5 Å². The van der Waals surface area contributed by atoms with E-state index in [0.717, 1.165) is 11.3 Å². The minimum absolute atomic E-state index is 0.185. The zero-order chi connectivity index (χ0) is 12.4. The lowest BCUT2D eigenvalue weighted by atomic mass is 9.92. The van der Waals surface area contributed by atoms with Crippen molar-refractivity contribution in [2.24, 2.45) is 5.92 Å². The average molecular weight is 234 g/mol. The van der Waals surface area contributed by atoms with Gasteiger partial charge in [-0.1, -0.05) is 18.7 Å². The molecule has 1 saturated heterocycles. The van der Waals surface area contributed by atoms with Gasteiger partial charge >= 0.3 is 5.97 Å². The number of hydrogen-bond donors (Lipinski definition) is 1. The van der Waals surface area contributed by atoms with Crippen LogP contribution in [-0.2, 0) is 9.53 Å². The molecular formula is C13H14O4. The Morgan fingerprint density at radius 3 is 2.59 bits per heavy atom. The number of cyclic esters (lactones) is 1. The highest BCUT2D eigenvalue weighted by Crippen LogP contribution is 2.32. The number of ether oxygens (including phenoxy) is 2. The van der Waals surface area contributed by atoms with Crippen LogP contribution in [0.5, 0.6) is 5.75 Å². The fourth-order valence-corrected chi connectivity index (χ4v) is 1.83. The summed E-state index contributed by atoms with van der Waals surface area (Å²) in [7, 11) is 1.58. The van der Waals surface area contributed by atoms with Crippen LogP contribution in [-0.4, -0.2) is 24.8 Å². The minimum atomic E-state index is -0.778. The lowest BCUT2D eigenvalue weighted by molar-refractivity contribution is -0.135. The van der Waals surface area contributed by atoms with E-state index >= 15 is 0 Å². The number of benzene rings is 1. The highest BCUT2D eigenvalue weighted by Gasteiger charge is 2.34. The van der Waals surface area contributed by atoms with Crippen LogP contribution < -0.4 is 4.74 Å². The minimum Gasteiger partial charge on any atom is -0.497 e. The zero-order valence-electron chi connectivity index (χ0n) is 9.55.